The van der Waals surface area contributed by atoms with Crippen molar-refractivity contribution in [2.45, 2.75) is 13.0 Å². The second-order valence-corrected chi connectivity index (χ2v) is 6.73. The number of halogens is 2. The lowest BCUT2D eigenvalue weighted by molar-refractivity contribution is 0.194. The third kappa shape index (κ3) is 4.04. The number of benzene rings is 2. The lowest BCUT2D eigenvalue weighted by Crippen LogP contribution is -2.45. The van der Waals surface area contributed by atoms with Crippen LogP contribution in [0.5, 0.6) is 5.75 Å². The predicted molar refractivity (Wildman–Crippen MR) is 100 cm³/mol. The molecule has 1 heterocycles. The van der Waals surface area contributed by atoms with E-state index in [1.165, 1.54) is 0 Å². The summed E-state index contributed by atoms with van der Waals surface area (Å²) in [7, 11) is 0. The number of nitrogens with one attached hydrogen (secondary N) is 1. The van der Waals surface area contributed by atoms with E-state index in [9.17, 15) is 0 Å². The fraction of sp³-hybridized carbons (Fsp3) is 0.368. The van der Waals surface area contributed by atoms with Gasteiger partial charge in [-0.15, -0.1) is 0 Å². The summed E-state index contributed by atoms with van der Waals surface area (Å²) < 4.78 is 5.88. The Hall–Kier alpha value is -1.26. The van der Waals surface area contributed by atoms with E-state index in [1.807, 2.05) is 43.3 Å². The molecular formula is C19H22Cl2N2O. The Morgan fingerprint density at radius 3 is 2.54 bits per heavy atom. The zero-order chi connectivity index (χ0) is 16.9. The van der Waals surface area contributed by atoms with Crippen molar-refractivity contribution in [2.75, 3.05) is 32.8 Å². The van der Waals surface area contributed by atoms with Gasteiger partial charge in [0.2, 0.25) is 0 Å². The van der Waals surface area contributed by atoms with E-state index >= 15 is 0 Å². The number of nitrogens with zero attached hydrogens (tertiary/aromatic N) is 1. The third-order valence-corrected chi connectivity index (χ3v) is 4.72. The molecule has 5 heteroatoms. The number of piperazine rings is 1. The summed E-state index contributed by atoms with van der Waals surface area (Å²) in [5.74, 6) is 0.880. The molecule has 0 amide bonds. The van der Waals surface area contributed by atoms with Gasteiger partial charge in [0.05, 0.1) is 12.6 Å². The normalized spacial score (nSPS) is 16.8. The minimum absolute atomic E-state index is 0.0750. The first-order valence-electron chi connectivity index (χ1n) is 8.31. The molecule has 1 saturated heterocycles. The minimum atomic E-state index is 0.0750. The first-order valence-corrected chi connectivity index (χ1v) is 9.07. The van der Waals surface area contributed by atoms with Gasteiger partial charge < -0.3 is 10.1 Å². The molecule has 24 heavy (non-hydrogen) atoms. The predicted octanol–water partition coefficient (Wildman–Crippen LogP) is 4.39. The van der Waals surface area contributed by atoms with Crippen LogP contribution in [-0.4, -0.2) is 37.7 Å². The second kappa shape index (κ2) is 8.21. The summed E-state index contributed by atoms with van der Waals surface area (Å²) in [5.41, 5.74) is 2.25. The van der Waals surface area contributed by atoms with Gasteiger partial charge in [0, 0.05) is 41.8 Å². The van der Waals surface area contributed by atoms with Crippen LogP contribution >= 0.6 is 23.2 Å². The summed E-state index contributed by atoms with van der Waals surface area (Å²) in [5, 5.41) is 4.87. The van der Waals surface area contributed by atoms with Crippen molar-refractivity contribution >= 4 is 23.2 Å². The van der Waals surface area contributed by atoms with Crippen LogP contribution in [0.3, 0.4) is 0 Å². The van der Waals surface area contributed by atoms with E-state index in [2.05, 4.69) is 16.3 Å². The van der Waals surface area contributed by atoms with Crippen LogP contribution in [0.25, 0.3) is 0 Å². The van der Waals surface area contributed by atoms with Crippen LogP contribution in [-0.2, 0) is 0 Å². The van der Waals surface area contributed by atoms with Crippen molar-refractivity contribution < 1.29 is 4.74 Å². The molecule has 1 fully saturated rings. The number of rotatable bonds is 5. The molecule has 0 bridgehead atoms. The van der Waals surface area contributed by atoms with E-state index < -0.39 is 0 Å². The number of hydrogen-bond acceptors (Lipinski definition) is 3. The van der Waals surface area contributed by atoms with Crippen molar-refractivity contribution in [3.63, 3.8) is 0 Å². The van der Waals surface area contributed by atoms with Crippen LogP contribution in [0.1, 0.15) is 24.1 Å². The summed E-state index contributed by atoms with van der Waals surface area (Å²) in [6.45, 7) is 6.50. The third-order valence-electron chi connectivity index (χ3n) is 4.25. The van der Waals surface area contributed by atoms with Crippen molar-refractivity contribution in [1.82, 2.24) is 10.2 Å². The molecule has 1 atom stereocenters. The standard InChI is InChI=1S/C19H22Cl2N2O/c1-2-24-18-7-6-16(21)13-17(18)19(23-10-8-22-9-11-23)14-4-3-5-15(20)12-14/h3-7,12-13,19,22H,2,8-11H2,1H3. The highest BCUT2D eigenvalue weighted by atomic mass is 35.5. The Morgan fingerprint density at radius 2 is 1.83 bits per heavy atom. The Morgan fingerprint density at radius 1 is 1.08 bits per heavy atom. The molecule has 2 aromatic carbocycles. The van der Waals surface area contributed by atoms with Crippen molar-refractivity contribution in [3.05, 3.63) is 63.6 Å². The van der Waals surface area contributed by atoms with Gasteiger partial charge in [0.15, 0.2) is 0 Å². The molecule has 0 aliphatic carbocycles. The van der Waals surface area contributed by atoms with E-state index in [0.29, 0.717) is 6.61 Å². The molecule has 1 N–H and O–H groups in total. The van der Waals surface area contributed by atoms with E-state index in [1.54, 1.807) is 0 Å². The largest absolute Gasteiger partial charge is 0.494 e. The van der Waals surface area contributed by atoms with E-state index in [0.717, 1.165) is 53.1 Å². The molecule has 3 nitrogen and oxygen atoms in total. The van der Waals surface area contributed by atoms with Gasteiger partial charge in [-0.3, -0.25) is 4.90 Å². The van der Waals surface area contributed by atoms with Crippen LogP contribution in [0.4, 0.5) is 0 Å². The fourth-order valence-electron chi connectivity index (χ4n) is 3.22. The van der Waals surface area contributed by atoms with E-state index in [-0.39, 0.29) is 6.04 Å². The molecule has 1 aliphatic rings. The van der Waals surface area contributed by atoms with Crippen molar-refractivity contribution in [3.8, 4) is 5.75 Å². The molecule has 0 spiro atoms. The molecule has 0 saturated carbocycles. The topological polar surface area (TPSA) is 24.5 Å². The zero-order valence-corrected chi connectivity index (χ0v) is 15.3. The number of ether oxygens (including phenoxy) is 1. The average Bonchev–Trinajstić information content (AvgIpc) is 2.59. The zero-order valence-electron chi connectivity index (χ0n) is 13.8. The van der Waals surface area contributed by atoms with Gasteiger partial charge in [-0.05, 0) is 42.8 Å². The minimum Gasteiger partial charge on any atom is -0.494 e. The maximum atomic E-state index is 6.31. The Labute approximate surface area is 153 Å². The van der Waals surface area contributed by atoms with Crippen molar-refractivity contribution in [1.29, 1.82) is 0 Å². The maximum absolute atomic E-state index is 6.31. The second-order valence-electron chi connectivity index (χ2n) is 5.86. The molecule has 3 rings (SSSR count). The monoisotopic (exact) mass is 364 g/mol. The summed E-state index contributed by atoms with van der Waals surface area (Å²) >= 11 is 12.6. The van der Waals surface area contributed by atoms with Crippen molar-refractivity contribution in [2.24, 2.45) is 0 Å². The van der Waals surface area contributed by atoms with Gasteiger partial charge >= 0.3 is 0 Å². The molecule has 1 unspecified atom stereocenters. The highest BCUT2D eigenvalue weighted by molar-refractivity contribution is 6.31. The van der Waals surface area contributed by atoms with Gasteiger partial charge in [-0.25, -0.2) is 0 Å². The Balaban J connectivity index is 2.08. The first-order chi connectivity index (χ1) is 11.7. The molecule has 128 valence electrons. The lowest BCUT2D eigenvalue weighted by Gasteiger charge is -2.36. The van der Waals surface area contributed by atoms with Gasteiger partial charge in [-0.2, -0.15) is 0 Å². The van der Waals surface area contributed by atoms with E-state index in [4.69, 9.17) is 27.9 Å². The highest BCUT2D eigenvalue weighted by Crippen LogP contribution is 2.37. The fourth-order valence-corrected chi connectivity index (χ4v) is 3.60. The van der Waals surface area contributed by atoms with Gasteiger partial charge in [0.1, 0.15) is 5.75 Å². The van der Waals surface area contributed by atoms with Gasteiger partial charge in [-0.1, -0.05) is 35.3 Å². The first kappa shape index (κ1) is 17.6. The SMILES string of the molecule is CCOc1ccc(Cl)cc1C(c1cccc(Cl)c1)N1CCNCC1. The number of hydrogen-bond donors (Lipinski definition) is 1. The molecular weight excluding hydrogens is 343 g/mol. The average molecular weight is 365 g/mol. The Kier molecular flexibility index (Phi) is 6.01. The molecule has 1 aliphatic heterocycles. The summed E-state index contributed by atoms with van der Waals surface area (Å²) in [6.07, 6.45) is 0. The maximum Gasteiger partial charge on any atom is 0.124 e. The summed E-state index contributed by atoms with van der Waals surface area (Å²) in [4.78, 5) is 2.45. The Bertz CT molecular complexity index is 687. The molecule has 2 aromatic rings. The van der Waals surface area contributed by atoms with Crippen LogP contribution < -0.4 is 10.1 Å². The highest BCUT2D eigenvalue weighted by Gasteiger charge is 2.27. The molecule has 0 aromatic heterocycles. The lowest BCUT2D eigenvalue weighted by atomic mass is 9.95. The van der Waals surface area contributed by atoms with Crippen LogP contribution in [0.2, 0.25) is 10.0 Å². The van der Waals surface area contributed by atoms with Gasteiger partial charge in [0.25, 0.3) is 0 Å². The quantitative estimate of drug-likeness (QED) is 0.851. The van der Waals surface area contributed by atoms with Crippen LogP contribution in [0.15, 0.2) is 42.5 Å². The summed E-state index contributed by atoms with van der Waals surface area (Å²) in [6, 6.07) is 14.0. The van der Waals surface area contributed by atoms with Crippen LogP contribution in [0, 0.1) is 0 Å². The molecule has 0 radical (unpaired) electrons. The smallest absolute Gasteiger partial charge is 0.124 e.